The largest absolute Gasteiger partial charge is 0.286 e. The Morgan fingerprint density at radius 1 is 1.20 bits per heavy atom. The summed E-state index contributed by atoms with van der Waals surface area (Å²) in [5.74, 6) is -0.257. The van der Waals surface area contributed by atoms with Gasteiger partial charge in [-0.2, -0.15) is 0 Å². The molecule has 1 fully saturated rings. The molecular formula is C19H20N4O2. The summed E-state index contributed by atoms with van der Waals surface area (Å²) in [5, 5.41) is 1.42. The standard InChI is InChI=1S/C19H20N4O2/c24-18(21-23-12-14-6-1-2-8-16(14)19(23)25)17-9-5-11-22(17)13-15-7-3-4-10-20-15/h1-4,6-8,10,17H,5,9,11-13H2,(H,21,24). The minimum absolute atomic E-state index is 0.116. The lowest BCUT2D eigenvalue weighted by molar-refractivity contribution is -0.129. The van der Waals surface area contributed by atoms with E-state index in [2.05, 4.69) is 15.3 Å². The molecule has 0 saturated carbocycles. The summed E-state index contributed by atoms with van der Waals surface area (Å²) in [6.07, 6.45) is 3.54. The van der Waals surface area contributed by atoms with Gasteiger partial charge in [0.15, 0.2) is 0 Å². The minimum atomic E-state index is -0.224. The number of carbonyl (C=O) groups is 2. The number of benzene rings is 1. The summed E-state index contributed by atoms with van der Waals surface area (Å²) in [6.45, 7) is 1.93. The molecule has 3 heterocycles. The molecule has 25 heavy (non-hydrogen) atoms. The third-order valence-electron chi connectivity index (χ3n) is 4.82. The van der Waals surface area contributed by atoms with Crippen molar-refractivity contribution < 1.29 is 9.59 Å². The first kappa shape index (κ1) is 15.8. The van der Waals surface area contributed by atoms with Gasteiger partial charge in [0.25, 0.3) is 11.8 Å². The van der Waals surface area contributed by atoms with Crippen molar-refractivity contribution in [3.05, 3.63) is 65.5 Å². The SMILES string of the molecule is O=C(NN1Cc2ccccc2C1=O)C1CCCN1Cc1ccccn1. The van der Waals surface area contributed by atoms with Crippen molar-refractivity contribution in [3.63, 3.8) is 0 Å². The summed E-state index contributed by atoms with van der Waals surface area (Å²) in [7, 11) is 0. The van der Waals surface area contributed by atoms with Gasteiger partial charge in [0.1, 0.15) is 0 Å². The fraction of sp³-hybridized carbons (Fsp3) is 0.316. The number of hydrazine groups is 1. The Bertz CT molecular complexity index is 793. The summed E-state index contributed by atoms with van der Waals surface area (Å²) < 4.78 is 0. The van der Waals surface area contributed by atoms with Gasteiger partial charge in [0.2, 0.25) is 0 Å². The van der Waals surface area contributed by atoms with E-state index in [0.717, 1.165) is 30.6 Å². The second-order valence-corrected chi connectivity index (χ2v) is 6.47. The number of hydrogen-bond donors (Lipinski definition) is 1. The lowest BCUT2D eigenvalue weighted by Gasteiger charge is -2.26. The Balaban J connectivity index is 1.42. The molecule has 0 aliphatic carbocycles. The highest BCUT2D eigenvalue weighted by Gasteiger charge is 2.34. The normalized spacial score (nSPS) is 19.9. The number of hydrogen-bond acceptors (Lipinski definition) is 4. The maximum Gasteiger partial charge on any atom is 0.272 e. The number of nitrogens with zero attached hydrogens (tertiary/aromatic N) is 3. The zero-order valence-corrected chi connectivity index (χ0v) is 13.9. The molecule has 1 N–H and O–H groups in total. The first-order chi connectivity index (χ1) is 12.2. The second-order valence-electron chi connectivity index (χ2n) is 6.47. The monoisotopic (exact) mass is 336 g/mol. The molecule has 4 rings (SSSR count). The molecule has 6 nitrogen and oxygen atoms in total. The van der Waals surface area contributed by atoms with Crippen LogP contribution < -0.4 is 5.43 Å². The molecule has 1 saturated heterocycles. The Morgan fingerprint density at radius 2 is 2.04 bits per heavy atom. The Hall–Kier alpha value is -2.73. The number of amides is 2. The Kier molecular flexibility index (Phi) is 4.19. The van der Waals surface area contributed by atoms with E-state index >= 15 is 0 Å². The summed E-state index contributed by atoms with van der Waals surface area (Å²) >= 11 is 0. The van der Waals surface area contributed by atoms with E-state index in [1.54, 1.807) is 12.3 Å². The quantitative estimate of drug-likeness (QED) is 0.923. The maximum absolute atomic E-state index is 12.7. The number of nitrogens with one attached hydrogen (secondary N) is 1. The molecule has 2 aliphatic heterocycles. The molecule has 0 bridgehead atoms. The van der Waals surface area contributed by atoms with E-state index in [-0.39, 0.29) is 17.9 Å². The van der Waals surface area contributed by atoms with Gasteiger partial charge in [-0.25, -0.2) is 5.01 Å². The number of likely N-dealkylation sites (tertiary alicyclic amines) is 1. The number of fused-ring (bicyclic) bond motifs is 1. The van der Waals surface area contributed by atoms with E-state index in [1.807, 2.05) is 36.4 Å². The van der Waals surface area contributed by atoms with E-state index in [1.165, 1.54) is 5.01 Å². The van der Waals surface area contributed by atoms with Gasteiger partial charge in [-0.1, -0.05) is 24.3 Å². The molecule has 6 heteroatoms. The van der Waals surface area contributed by atoms with E-state index < -0.39 is 0 Å². The van der Waals surface area contributed by atoms with Crippen LogP contribution >= 0.6 is 0 Å². The zero-order chi connectivity index (χ0) is 17.2. The minimum Gasteiger partial charge on any atom is -0.286 e. The van der Waals surface area contributed by atoms with Crippen molar-refractivity contribution in [2.45, 2.75) is 32.0 Å². The summed E-state index contributed by atoms with van der Waals surface area (Å²) in [4.78, 5) is 31.6. The van der Waals surface area contributed by atoms with Gasteiger partial charge < -0.3 is 0 Å². The van der Waals surface area contributed by atoms with Crippen LogP contribution in [-0.2, 0) is 17.9 Å². The first-order valence-corrected chi connectivity index (χ1v) is 8.56. The van der Waals surface area contributed by atoms with Crippen LogP contribution in [0.25, 0.3) is 0 Å². The van der Waals surface area contributed by atoms with Crippen molar-refractivity contribution in [1.29, 1.82) is 0 Å². The second kappa shape index (κ2) is 6.64. The Morgan fingerprint density at radius 3 is 2.84 bits per heavy atom. The van der Waals surface area contributed by atoms with Crippen molar-refractivity contribution in [3.8, 4) is 0 Å². The molecule has 1 unspecified atom stereocenters. The van der Waals surface area contributed by atoms with Gasteiger partial charge in [0, 0.05) is 18.3 Å². The maximum atomic E-state index is 12.7. The van der Waals surface area contributed by atoms with Crippen LogP contribution in [0.5, 0.6) is 0 Å². The van der Waals surface area contributed by atoms with Crippen LogP contribution in [0, 0.1) is 0 Å². The average molecular weight is 336 g/mol. The third kappa shape index (κ3) is 3.13. The molecule has 1 aromatic carbocycles. The molecule has 0 radical (unpaired) electrons. The lowest BCUT2D eigenvalue weighted by Crippen LogP contribution is -2.50. The van der Waals surface area contributed by atoms with Crippen molar-refractivity contribution >= 4 is 11.8 Å². The molecule has 2 aliphatic rings. The van der Waals surface area contributed by atoms with Crippen molar-refractivity contribution in [1.82, 2.24) is 20.3 Å². The summed E-state index contributed by atoms with van der Waals surface area (Å²) in [6, 6.07) is 13.0. The van der Waals surface area contributed by atoms with E-state index in [0.29, 0.717) is 18.7 Å². The summed E-state index contributed by atoms with van der Waals surface area (Å²) in [5.41, 5.74) is 5.38. The van der Waals surface area contributed by atoms with Gasteiger partial charge in [-0.05, 0) is 43.1 Å². The van der Waals surface area contributed by atoms with Crippen molar-refractivity contribution in [2.75, 3.05) is 6.54 Å². The Labute approximate surface area is 146 Å². The van der Waals surface area contributed by atoms with Crippen LogP contribution in [0.4, 0.5) is 0 Å². The first-order valence-electron chi connectivity index (χ1n) is 8.56. The lowest BCUT2D eigenvalue weighted by atomic mass is 10.1. The number of rotatable bonds is 4. The molecular weight excluding hydrogens is 316 g/mol. The van der Waals surface area contributed by atoms with Crippen LogP contribution in [-0.4, -0.2) is 39.3 Å². The zero-order valence-electron chi connectivity index (χ0n) is 13.9. The fourth-order valence-corrected chi connectivity index (χ4v) is 3.56. The van der Waals surface area contributed by atoms with Gasteiger partial charge >= 0.3 is 0 Å². The molecule has 0 spiro atoms. The van der Waals surface area contributed by atoms with Gasteiger partial charge in [0.05, 0.1) is 18.3 Å². The van der Waals surface area contributed by atoms with E-state index in [9.17, 15) is 9.59 Å². The van der Waals surface area contributed by atoms with Crippen LogP contribution in [0.1, 0.15) is 34.5 Å². The molecule has 1 aromatic heterocycles. The highest BCUT2D eigenvalue weighted by Crippen LogP contribution is 2.23. The van der Waals surface area contributed by atoms with Gasteiger partial charge in [-0.15, -0.1) is 0 Å². The fourth-order valence-electron chi connectivity index (χ4n) is 3.56. The topological polar surface area (TPSA) is 65.5 Å². The number of aromatic nitrogens is 1. The third-order valence-corrected chi connectivity index (χ3v) is 4.82. The van der Waals surface area contributed by atoms with Crippen LogP contribution in [0.3, 0.4) is 0 Å². The highest BCUT2D eigenvalue weighted by atomic mass is 16.2. The molecule has 128 valence electrons. The average Bonchev–Trinajstić information content (AvgIpc) is 3.21. The van der Waals surface area contributed by atoms with Gasteiger partial charge in [-0.3, -0.25) is 24.9 Å². The number of pyridine rings is 1. The smallest absolute Gasteiger partial charge is 0.272 e. The van der Waals surface area contributed by atoms with Crippen LogP contribution in [0.2, 0.25) is 0 Å². The van der Waals surface area contributed by atoms with Crippen LogP contribution in [0.15, 0.2) is 48.7 Å². The molecule has 2 amide bonds. The molecule has 2 aromatic rings. The predicted octanol–water partition coefficient (Wildman–Crippen LogP) is 1.73. The van der Waals surface area contributed by atoms with E-state index in [4.69, 9.17) is 0 Å². The molecule has 1 atom stereocenters. The highest BCUT2D eigenvalue weighted by molar-refractivity contribution is 5.99. The number of carbonyl (C=O) groups excluding carboxylic acids is 2. The van der Waals surface area contributed by atoms with Crippen molar-refractivity contribution in [2.24, 2.45) is 0 Å². The predicted molar refractivity (Wildman–Crippen MR) is 92.1 cm³/mol.